The quantitative estimate of drug-likeness (QED) is 0.859. The largest absolute Gasteiger partial charge is 0.374 e. The Morgan fingerprint density at radius 3 is 2.70 bits per heavy atom. The van der Waals surface area contributed by atoms with E-state index in [0.29, 0.717) is 10.9 Å². The van der Waals surface area contributed by atoms with Crippen LogP contribution in [0.4, 0.5) is 5.13 Å². The molecule has 1 aromatic heterocycles. The first-order valence-corrected chi connectivity index (χ1v) is 7.90. The van der Waals surface area contributed by atoms with Gasteiger partial charge in [-0.25, -0.2) is 0 Å². The first-order valence-electron chi connectivity index (χ1n) is 6.10. The van der Waals surface area contributed by atoms with Gasteiger partial charge >= 0.3 is 0 Å². The second kappa shape index (κ2) is 6.71. The minimum atomic E-state index is 0.0452. The molecule has 0 spiro atoms. The first-order chi connectivity index (χ1) is 9.58. The molecule has 1 atom stereocenters. The average Bonchev–Trinajstić information content (AvgIpc) is 2.89. The van der Waals surface area contributed by atoms with E-state index in [9.17, 15) is 4.79 Å². The van der Waals surface area contributed by atoms with Crippen LogP contribution >= 0.6 is 23.1 Å². The molecular formula is C13H16N4OS2. The number of carbonyl (C=O) groups is 1. The lowest BCUT2D eigenvalue weighted by Crippen LogP contribution is -2.31. The highest BCUT2D eigenvalue weighted by Gasteiger charge is 2.17. The molecular weight excluding hydrogens is 292 g/mol. The first kappa shape index (κ1) is 14.8. The summed E-state index contributed by atoms with van der Waals surface area (Å²) in [4.78, 5) is 13.9. The summed E-state index contributed by atoms with van der Waals surface area (Å²) in [6.45, 7) is 2.01. The number of amides is 1. The Bertz CT molecular complexity index is 573. The number of hydrogen-bond acceptors (Lipinski definition) is 6. The molecule has 0 aliphatic carbocycles. The van der Waals surface area contributed by atoms with Gasteiger partial charge in [-0.1, -0.05) is 53.4 Å². The lowest BCUT2D eigenvalue weighted by atomic mass is 10.1. The maximum absolute atomic E-state index is 12.2. The number of hydrogen-bond donors (Lipinski definition) is 1. The molecule has 0 saturated heterocycles. The molecule has 106 valence electrons. The summed E-state index contributed by atoms with van der Waals surface area (Å²) < 4.78 is 0.719. The lowest BCUT2D eigenvalue weighted by molar-refractivity contribution is -0.128. The summed E-state index contributed by atoms with van der Waals surface area (Å²) >= 11 is 2.66. The van der Waals surface area contributed by atoms with Crippen molar-refractivity contribution in [1.29, 1.82) is 0 Å². The number of anilines is 1. The van der Waals surface area contributed by atoms with Gasteiger partial charge in [-0.2, -0.15) is 0 Å². The van der Waals surface area contributed by atoms with Gasteiger partial charge in [-0.15, -0.1) is 10.2 Å². The average molecular weight is 308 g/mol. The molecule has 5 nitrogen and oxygen atoms in total. The van der Waals surface area contributed by atoms with E-state index in [4.69, 9.17) is 5.73 Å². The second-order valence-electron chi connectivity index (χ2n) is 4.29. The van der Waals surface area contributed by atoms with Gasteiger partial charge in [0, 0.05) is 7.05 Å². The van der Waals surface area contributed by atoms with Crippen molar-refractivity contribution in [1.82, 2.24) is 15.1 Å². The number of carbonyl (C=O) groups excluding carboxylic acids is 1. The monoisotopic (exact) mass is 308 g/mol. The Morgan fingerprint density at radius 1 is 1.40 bits per heavy atom. The van der Waals surface area contributed by atoms with Crippen molar-refractivity contribution in [2.75, 3.05) is 18.5 Å². The Balaban J connectivity index is 1.91. The van der Waals surface area contributed by atoms with Crippen molar-refractivity contribution in [2.45, 2.75) is 17.3 Å². The Morgan fingerprint density at radius 2 is 2.10 bits per heavy atom. The zero-order chi connectivity index (χ0) is 14.5. The van der Waals surface area contributed by atoms with E-state index in [-0.39, 0.29) is 11.9 Å². The van der Waals surface area contributed by atoms with E-state index in [2.05, 4.69) is 10.2 Å². The van der Waals surface area contributed by atoms with E-state index >= 15 is 0 Å². The number of aromatic nitrogens is 2. The minimum absolute atomic E-state index is 0.0452. The predicted octanol–water partition coefficient (Wildman–Crippen LogP) is 2.43. The third-order valence-electron chi connectivity index (χ3n) is 3.00. The fraction of sp³-hybridized carbons (Fsp3) is 0.308. The van der Waals surface area contributed by atoms with Crippen molar-refractivity contribution < 1.29 is 4.79 Å². The highest BCUT2D eigenvalue weighted by Crippen LogP contribution is 2.25. The van der Waals surface area contributed by atoms with Gasteiger partial charge in [0.15, 0.2) is 4.34 Å². The molecule has 1 aromatic carbocycles. The number of nitrogens with zero attached hydrogens (tertiary/aromatic N) is 3. The van der Waals surface area contributed by atoms with Gasteiger partial charge in [0.1, 0.15) is 0 Å². The summed E-state index contributed by atoms with van der Waals surface area (Å²) in [5.41, 5.74) is 6.62. The van der Waals surface area contributed by atoms with Gasteiger partial charge in [-0.05, 0) is 12.5 Å². The van der Waals surface area contributed by atoms with Crippen LogP contribution < -0.4 is 5.73 Å². The molecule has 1 heterocycles. The molecule has 0 aliphatic rings. The zero-order valence-electron chi connectivity index (χ0n) is 11.3. The topological polar surface area (TPSA) is 72.1 Å². The maximum atomic E-state index is 12.2. The molecule has 0 fully saturated rings. The third-order valence-corrected chi connectivity index (χ3v) is 4.87. The van der Waals surface area contributed by atoms with Crippen LogP contribution in [0, 0.1) is 0 Å². The summed E-state index contributed by atoms with van der Waals surface area (Å²) in [6.07, 6.45) is 0. The molecule has 0 bridgehead atoms. The van der Waals surface area contributed by atoms with E-state index in [1.165, 1.54) is 23.1 Å². The van der Waals surface area contributed by atoms with Crippen molar-refractivity contribution in [2.24, 2.45) is 0 Å². The summed E-state index contributed by atoms with van der Waals surface area (Å²) in [6, 6.07) is 10.0. The third kappa shape index (κ3) is 3.71. The molecule has 2 rings (SSSR count). The molecule has 1 amide bonds. The number of nitrogen functional groups attached to an aromatic ring is 1. The summed E-state index contributed by atoms with van der Waals surface area (Å²) in [5.74, 6) is 0.391. The number of thioether (sulfide) groups is 1. The number of nitrogens with two attached hydrogens (primary N) is 1. The normalized spacial score (nSPS) is 12.1. The Kier molecular flexibility index (Phi) is 4.97. The van der Waals surface area contributed by atoms with Crippen LogP contribution in [-0.2, 0) is 4.79 Å². The molecule has 0 radical (unpaired) electrons. The highest BCUT2D eigenvalue weighted by molar-refractivity contribution is 8.01. The molecule has 0 aliphatic heterocycles. The van der Waals surface area contributed by atoms with E-state index in [1.54, 1.807) is 4.90 Å². The van der Waals surface area contributed by atoms with Crippen LogP contribution in [0.3, 0.4) is 0 Å². The van der Waals surface area contributed by atoms with Gasteiger partial charge < -0.3 is 10.6 Å². The van der Waals surface area contributed by atoms with Crippen molar-refractivity contribution in [3.05, 3.63) is 35.9 Å². The van der Waals surface area contributed by atoms with E-state index < -0.39 is 0 Å². The minimum Gasteiger partial charge on any atom is -0.374 e. The zero-order valence-corrected chi connectivity index (χ0v) is 12.9. The highest BCUT2D eigenvalue weighted by atomic mass is 32.2. The molecule has 2 N–H and O–H groups in total. The number of benzene rings is 1. The van der Waals surface area contributed by atoms with Crippen LogP contribution in [-0.4, -0.2) is 33.8 Å². The van der Waals surface area contributed by atoms with Crippen LogP contribution in [0.25, 0.3) is 0 Å². The fourth-order valence-electron chi connectivity index (χ4n) is 1.68. The SMILES string of the molecule is CC(c1ccccc1)N(C)C(=O)CSc1nnc(N)s1. The molecule has 20 heavy (non-hydrogen) atoms. The molecule has 2 aromatic rings. The van der Waals surface area contributed by atoms with Gasteiger partial charge in [0.2, 0.25) is 11.0 Å². The van der Waals surface area contributed by atoms with Gasteiger partial charge in [0.25, 0.3) is 0 Å². The smallest absolute Gasteiger partial charge is 0.233 e. The van der Waals surface area contributed by atoms with Crippen LogP contribution in [0.1, 0.15) is 18.5 Å². The van der Waals surface area contributed by atoms with Crippen LogP contribution in [0.2, 0.25) is 0 Å². The molecule has 1 unspecified atom stereocenters. The van der Waals surface area contributed by atoms with Crippen LogP contribution in [0.15, 0.2) is 34.7 Å². The fourth-order valence-corrected chi connectivity index (χ4v) is 3.24. The Labute approximate surface area is 126 Å². The maximum Gasteiger partial charge on any atom is 0.233 e. The lowest BCUT2D eigenvalue weighted by Gasteiger charge is -2.25. The Hall–Kier alpha value is -1.60. The summed E-state index contributed by atoms with van der Waals surface area (Å²) in [5, 5.41) is 8.03. The summed E-state index contributed by atoms with van der Waals surface area (Å²) in [7, 11) is 1.81. The van der Waals surface area contributed by atoms with E-state index in [0.717, 1.165) is 9.90 Å². The van der Waals surface area contributed by atoms with Crippen molar-refractivity contribution in [3.63, 3.8) is 0 Å². The van der Waals surface area contributed by atoms with Gasteiger partial charge in [0.05, 0.1) is 11.8 Å². The van der Waals surface area contributed by atoms with Crippen LogP contribution in [0.5, 0.6) is 0 Å². The molecule has 0 saturated carbocycles. The second-order valence-corrected chi connectivity index (χ2v) is 6.52. The van der Waals surface area contributed by atoms with Crippen molar-refractivity contribution >= 4 is 34.1 Å². The van der Waals surface area contributed by atoms with Crippen molar-refractivity contribution in [3.8, 4) is 0 Å². The predicted molar refractivity (Wildman–Crippen MR) is 82.7 cm³/mol. The molecule has 7 heteroatoms. The van der Waals surface area contributed by atoms with Gasteiger partial charge in [-0.3, -0.25) is 4.79 Å². The number of rotatable bonds is 5. The van der Waals surface area contributed by atoms with E-state index in [1.807, 2.05) is 44.3 Å². The standard InChI is InChI=1S/C13H16N4OS2/c1-9(10-6-4-3-5-7-10)17(2)11(18)8-19-13-16-15-12(14)20-13/h3-7,9H,8H2,1-2H3,(H2,14,15).